The van der Waals surface area contributed by atoms with Crippen LogP contribution < -0.4 is 5.32 Å². The Kier molecular flexibility index (Phi) is 4.07. The molecule has 2 unspecified atom stereocenters. The van der Waals surface area contributed by atoms with Crippen LogP contribution in [0.15, 0.2) is 0 Å². The Hall–Kier alpha value is -0.580. The molecule has 0 spiro atoms. The lowest BCUT2D eigenvalue weighted by atomic mass is 9.92. The van der Waals surface area contributed by atoms with Gasteiger partial charge < -0.3 is 10.4 Å². The lowest BCUT2D eigenvalue weighted by molar-refractivity contribution is 0.0899. The number of aromatic nitrogens is 2. The molecule has 1 fully saturated rings. The zero-order valence-electron chi connectivity index (χ0n) is 10.4. The predicted octanol–water partition coefficient (Wildman–Crippen LogP) is 1.78. The zero-order chi connectivity index (χ0) is 12.4. The van der Waals surface area contributed by atoms with Crippen LogP contribution >= 0.6 is 11.6 Å². The summed E-state index contributed by atoms with van der Waals surface area (Å²) in [7, 11) is 1.90. The van der Waals surface area contributed by atoms with Crippen LogP contribution in [-0.4, -0.2) is 27.0 Å². The minimum Gasteiger partial charge on any atom is -0.392 e. The van der Waals surface area contributed by atoms with Crippen molar-refractivity contribution in [3.63, 3.8) is 0 Å². The van der Waals surface area contributed by atoms with Gasteiger partial charge in [-0.3, -0.25) is 4.68 Å². The van der Waals surface area contributed by atoms with Crippen molar-refractivity contribution in [1.82, 2.24) is 15.1 Å². The summed E-state index contributed by atoms with van der Waals surface area (Å²) in [5.41, 5.74) is 1.84. The molecular weight excluding hydrogens is 238 g/mol. The minimum absolute atomic E-state index is 0.190. The average molecular weight is 258 g/mol. The van der Waals surface area contributed by atoms with Gasteiger partial charge in [0.2, 0.25) is 0 Å². The Bertz CT molecular complexity index is 391. The molecule has 2 N–H and O–H groups in total. The molecule has 2 atom stereocenters. The van der Waals surface area contributed by atoms with E-state index in [0.29, 0.717) is 6.54 Å². The molecule has 0 aromatic carbocycles. The number of nitrogens with zero attached hydrogens (tertiary/aromatic N) is 2. The maximum Gasteiger partial charge on any atom is 0.0860 e. The predicted molar refractivity (Wildman–Crippen MR) is 68.1 cm³/mol. The quantitative estimate of drug-likeness (QED) is 0.868. The van der Waals surface area contributed by atoms with Crippen LogP contribution in [0.1, 0.15) is 37.1 Å². The monoisotopic (exact) mass is 257 g/mol. The average Bonchev–Trinajstić information content (AvgIpc) is 2.53. The van der Waals surface area contributed by atoms with Crippen LogP contribution in [0.25, 0.3) is 0 Å². The van der Waals surface area contributed by atoms with Crippen molar-refractivity contribution in [2.24, 2.45) is 7.05 Å². The fraction of sp³-hybridized carbons (Fsp3) is 0.750. The van der Waals surface area contributed by atoms with Crippen molar-refractivity contribution < 1.29 is 5.11 Å². The first kappa shape index (κ1) is 12.9. The normalized spacial score (nSPS) is 25.2. The Morgan fingerprint density at radius 2 is 2.18 bits per heavy atom. The Morgan fingerprint density at radius 3 is 2.76 bits per heavy atom. The Labute approximate surface area is 107 Å². The van der Waals surface area contributed by atoms with Gasteiger partial charge in [0, 0.05) is 19.6 Å². The number of aryl methyl sites for hydroxylation is 2. The lowest BCUT2D eigenvalue weighted by Crippen LogP contribution is -2.41. The largest absolute Gasteiger partial charge is 0.392 e. The van der Waals surface area contributed by atoms with E-state index in [4.69, 9.17) is 11.6 Å². The third-order valence-electron chi connectivity index (χ3n) is 3.52. The number of hydrogen-bond acceptors (Lipinski definition) is 3. The molecule has 0 aliphatic heterocycles. The molecule has 1 aliphatic rings. The molecular formula is C12H20ClN3O. The second-order valence-electron chi connectivity index (χ2n) is 4.81. The minimum atomic E-state index is -0.225. The highest BCUT2D eigenvalue weighted by Gasteiger charge is 2.23. The summed E-state index contributed by atoms with van der Waals surface area (Å²) in [4.78, 5) is 0. The van der Waals surface area contributed by atoms with Crippen molar-refractivity contribution in [3.8, 4) is 0 Å². The van der Waals surface area contributed by atoms with Crippen molar-refractivity contribution in [2.45, 2.75) is 51.3 Å². The Balaban J connectivity index is 1.97. The highest BCUT2D eigenvalue weighted by atomic mass is 35.5. The molecule has 1 heterocycles. The van der Waals surface area contributed by atoms with Crippen LogP contribution in [-0.2, 0) is 13.6 Å². The van der Waals surface area contributed by atoms with Crippen LogP contribution in [0.2, 0.25) is 5.02 Å². The summed E-state index contributed by atoms with van der Waals surface area (Å²) in [5.74, 6) is 0. The molecule has 96 valence electrons. The van der Waals surface area contributed by atoms with Crippen molar-refractivity contribution in [3.05, 3.63) is 16.4 Å². The van der Waals surface area contributed by atoms with Gasteiger partial charge in [0.25, 0.3) is 0 Å². The van der Waals surface area contributed by atoms with E-state index in [1.807, 2.05) is 14.0 Å². The van der Waals surface area contributed by atoms with E-state index in [0.717, 1.165) is 35.7 Å². The summed E-state index contributed by atoms with van der Waals surface area (Å²) < 4.78 is 1.81. The molecule has 1 aromatic rings. The van der Waals surface area contributed by atoms with Crippen LogP contribution in [0.3, 0.4) is 0 Å². The van der Waals surface area contributed by atoms with E-state index in [-0.39, 0.29) is 12.1 Å². The standard InChI is InChI=1S/C12H20ClN3O/c1-8-12(13)10(16(2)15-8)7-14-9-5-3-4-6-11(9)17/h9,11,14,17H,3-7H2,1-2H3. The second kappa shape index (κ2) is 5.38. The summed E-state index contributed by atoms with van der Waals surface area (Å²) >= 11 is 6.18. The number of rotatable bonds is 3. The summed E-state index contributed by atoms with van der Waals surface area (Å²) in [6.07, 6.45) is 4.03. The maximum atomic E-state index is 9.87. The zero-order valence-corrected chi connectivity index (χ0v) is 11.2. The Morgan fingerprint density at radius 1 is 1.47 bits per heavy atom. The number of halogens is 1. The third-order valence-corrected chi connectivity index (χ3v) is 4.01. The summed E-state index contributed by atoms with van der Waals surface area (Å²) in [6, 6.07) is 0.190. The second-order valence-corrected chi connectivity index (χ2v) is 5.19. The number of aliphatic hydroxyl groups excluding tert-OH is 1. The SMILES string of the molecule is Cc1nn(C)c(CNC2CCCCC2O)c1Cl. The van der Waals surface area contributed by atoms with Crippen molar-refractivity contribution in [1.29, 1.82) is 0 Å². The summed E-state index contributed by atoms with van der Waals surface area (Å²) in [6.45, 7) is 2.57. The van der Waals surface area contributed by atoms with E-state index in [1.165, 1.54) is 6.42 Å². The van der Waals surface area contributed by atoms with Crippen molar-refractivity contribution in [2.75, 3.05) is 0 Å². The summed E-state index contributed by atoms with van der Waals surface area (Å²) in [5, 5.41) is 18.3. The van der Waals surface area contributed by atoms with Gasteiger partial charge in [-0.05, 0) is 19.8 Å². The van der Waals surface area contributed by atoms with Crippen LogP contribution in [0.5, 0.6) is 0 Å². The molecule has 5 heteroatoms. The first-order valence-electron chi connectivity index (χ1n) is 6.19. The van der Waals surface area contributed by atoms with Crippen LogP contribution in [0.4, 0.5) is 0 Å². The lowest BCUT2D eigenvalue weighted by Gasteiger charge is -2.28. The molecule has 0 amide bonds. The van der Waals surface area contributed by atoms with E-state index < -0.39 is 0 Å². The molecule has 17 heavy (non-hydrogen) atoms. The first-order chi connectivity index (χ1) is 8.09. The topological polar surface area (TPSA) is 50.1 Å². The van der Waals surface area contributed by atoms with Gasteiger partial charge in [0.1, 0.15) is 0 Å². The molecule has 1 aliphatic carbocycles. The van der Waals surface area contributed by atoms with Crippen LogP contribution in [0, 0.1) is 6.92 Å². The van der Waals surface area contributed by atoms with Gasteiger partial charge in [0.05, 0.1) is 22.5 Å². The van der Waals surface area contributed by atoms with Gasteiger partial charge >= 0.3 is 0 Å². The molecule has 1 saturated carbocycles. The fourth-order valence-electron chi connectivity index (χ4n) is 2.45. The van der Waals surface area contributed by atoms with Gasteiger partial charge in [-0.2, -0.15) is 5.10 Å². The molecule has 0 bridgehead atoms. The molecule has 2 rings (SSSR count). The number of hydrogen-bond donors (Lipinski definition) is 2. The van der Waals surface area contributed by atoms with E-state index in [2.05, 4.69) is 10.4 Å². The molecule has 4 nitrogen and oxygen atoms in total. The van der Waals surface area contributed by atoms with Gasteiger partial charge in [0.15, 0.2) is 0 Å². The van der Waals surface area contributed by atoms with E-state index >= 15 is 0 Å². The highest BCUT2D eigenvalue weighted by molar-refractivity contribution is 6.31. The third kappa shape index (κ3) is 2.81. The smallest absolute Gasteiger partial charge is 0.0860 e. The van der Waals surface area contributed by atoms with E-state index in [9.17, 15) is 5.11 Å². The molecule has 0 saturated heterocycles. The fourth-order valence-corrected chi connectivity index (χ4v) is 2.68. The molecule has 1 aromatic heterocycles. The maximum absolute atomic E-state index is 9.87. The first-order valence-corrected chi connectivity index (χ1v) is 6.57. The molecule has 0 radical (unpaired) electrons. The van der Waals surface area contributed by atoms with Gasteiger partial charge in [-0.25, -0.2) is 0 Å². The number of nitrogens with one attached hydrogen (secondary N) is 1. The van der Waals surface area contributed by atoms with Gasteiger partial charge in [-0.15, -0.1) is 0 Å². The number of aliphatic hydroxyl groups is 1. The van der Waals surface area contributed by atoms with E-state index in [1.54, 1.807) is 4.68 Å². The highest BCUT2D eigenvalue weighted by Crippen LogP contribution is 2.22. The van der Waals surface area contributed by atoms with Crippen molar-refractivity contribution >= 4 is 11.6 Å². The van der Waals surface area contributed by atoms with Gasteiger partial charge in [-0.1, -0.05) is 24.4 Å².